The second kappa shape index (κ2) is 6.69. The summed E-state index contributed by atoms with van der Waals surface area (Å²) in [6.07, 6.45) is 3.55. The molecule has 110 valence electrons. The van der Waals surface area contributed by atoms with Gasteiger partial charge in [-0.15, -0.1) is 0 Å². The first kappa shape index (κ1) is 14.8. The molecule has 0 radical (unpaired) electrons. The summed E-state index contributed by atoms with van der Waals surface area (Å²) >= 11 is 0. The van der Waals surface area contributed by atoms with Gasteiger partial charge in [-0.2, -0.15) is 5.10 Å². The van der Waals surface area contributed by atoms with Crippen LogP contribution in [0, 0.1) is 0 Å². The highest BCUT2D eigenvalue weighted by Gasteiger charge is 2.16. The van der Waals surface area contributed by atoms with Gasteiger partial charge in [0.25, 0.3) is 0 Å². The topological polar surface area (TPSA) is 75.4 Å². The number of para-hydroxylation sites is 1. The number of carbonyl (C=O) groups excluding carboxylic acids is 1. The molecule has 0 saturated heterocycles. The molecule has 2 rings (SSSR count). The standard InChI is InChI=1S/C15H17N3O3/c1-2-17(11-15(20)21)14(19)8-12-9-16-18(10-12)13-6-4-3-5-7-13/h3-7,9-10H,2,8,11H2,1H3,(H,20,21). The molecule has 0 spiro atoms. The summed E-state index contributed by atoms with van der Waals surface area (Å²) in [5, 5.41) is 13.0. The largest absolute Gasteiger partial charge is 0.480 e. The number of benzene rings is 1. The van der Waals surface area contributed by atoms with Crippen molar-refractivity contribution in [2.75, 3.05) is 13.1 Å². The van der Waals surface area contributed by atoms with Crippen molar-refractivity contribution < 1.29 is 14.7 Å². The second-order valence-electron chi connectivity index (χ2n) is 4.61. The summed E-state index contributed by atoms with van der Waals surface area (Å²) in [5.41, 5.74) is 1.67. The number of carbonyl (C=O) groups is 2. The SMILES string of the molecule is CCN(CC(=O)O)C(=O)Cc1cnn(-c2ccccc2)c1. The van der Waals surface area contributed by atoms with E-state index in [2.05, 4.69) is 5.10 Å². The summed E-state index contributed by atoms with van der Waals surface area (Å²) in [7, 11) is 0. The Kier molecular flexibility index (Phi) is 4.71. The average molecular weight is 287 g/mol. The van der Waals surface area contributed by atoms with Crippen LogP contribution < -0.4 is 0 Å². The molecule has 1 heterocycles. The van der Waals surface area contributed by atoms with Crippen LogP contribution in [0.15, 0.2) is 42.7 Å². The maximum atomic E-state index is 12.1. The lowest BCUT2D eigenvalue weighted by atomic mass is 10.2. The highest BCUT2D eigenvalue weighted by Crippen LogP contribution is 2.09. The third kappa shape index (κ3) is 3.92. The van der Waals surface area contributed by atoms with E-state index in [1.165, 1.54) is 4.90 Å². The van der Waals surface area contributed by atoms with Crippen LogP contribution in [0.25, 0.3) is 5.69 Å². The van der Waals surface area contributed by atoms with Crippen molar-refractivity contribution in [2.24, 2.45) is 0 Å². The molecule has 6 nitrogen and oxygen atoms in total. The first-order valence-electron chi connectivity index (χ1n) is 6.68. The number of amides is 1. The van der Waals surface area contributed by atoms with E-state index >= 15 is 0 Å². The minimum Gasteiger partial charge on any atom is -0.480 e. The minimum absolute atomic E-state index is 0.147. The van der Waals surface area contributed by atoms with Gasteiger partial charge in [0.05, 0.1) is 18.3 Å². The Morgan fingerprint density at radius 3 is 2.62 bits per heavy atom. The molecule has 0 aliphatic heterocycles. The van der Waals surface area contributed by atoms with Gasteiger partial charge < -0.3 is 10.0 Å². The molecule has 0 fully saturated rings. The average Bonchev–Trinajstić information content (AvgIpc) is 2.94. The monoisotopic (exact) mass is 287 g/mol. The van der Waals surface area contributed by atoms with Gasteiger partial charge in [-0.05, 0) is 24.6 Å². The fraction of sp³-hybridized carbons (Fsp3) is 0.267. The van der Waals surface area contributed by atoms with Crippen LogP contribution in [0.1, 0.15) is 12.5 Å². The number of carboxylic acids is 1. The molecule has 0 bridgehead atoms. The van der Waals surface area contributed by atoms with Crippen molar-refractivity contribution in [2.45, 2.75) is 13.3 Å². The van der Waals surface area contributed by atoms with E-state index in [4.69, 9.17) is 5.11 Å². The summed E-state index contributed by atoms with van der Waals surface area (Å²) in [4.78, 5) is 24.1. The Morgan fingerprint density at radius 2 is 2.00 bits per heavy atom. The molecular weight excluding hydrogens is 270 g/mol. The predicted octanol–water partition coefficient (Wildman–Crippen LogP) is 1.35. The number of rotatable bonds is 6. The van der Waals surface area contributed by atoms with Crippen LogP contribution >= 0.6 is 0 Å². The molecule has 0 aliphatic rings. The quantitative estimate of drug-likeness (QED) is 0.870. The molecule has 6 heteroatoms. The molecule has 1 aromatic carbocycles. The van der Waals surface area contributed by atoms with E-state index in [0.29, 0.717) is 6.54 Å². The van der Waals surface area contributed by atoms with Gasteiger partial charge in [0.15, 0.2) is 0 Å². The van der Waals surface area contributed by atoms with Crippen molar-refractivity contribution >= 4 is 11.9 Å². The van der Waals surface area contributed by atoms with Crippen molar-refractivity contribution in [1.29, 1.82) is 0 Å². The first-order chi connectivity index (χ1) is 10.1. The number of aliphatic carboxylic acids is 1. The zero-order valence-corrected chi connectivity index (χ0v) is 11.8. The third-order valence-corrected chi connectivity index (χ3v) is 3.07. The van der Waals surface area contributed by atoms with E-state index < -0.39 is 5.97 Å². The van der Waals surface area contributed by atoms with E-state index in [-0.39, 0.29) is 18.9 Å². The molecule has 0 saturated carbocycles. The Hall–Kier alpha value is -2.63. The maximum absolute atomic E-state index is 12.1. The molecule has 1 amide bonds. The Bertz CT molecular complexity index is 622. The molecule has 2 aromatic rings. The van der Waals surface area contributed by atoms with Crippen molar-refractivity contribution in [3.05, 3.63) is 48.3 Å². The van der Waals surface area contributed by atoms with Crippen LogP contribution in [0.5, 0.6) is 0 Å². The van der Waals surface area contributed by atoms with Gasteiger partial charge in [0, 0.05) is 12.7 Å². The lowest BCUT2D eigenvalue weighted by molar-refractivity contribution is -0.144. The van der Waals surface area contributed by atoms with Gasteiger partial charge in [0.2, 0.25) is 5.91 Å². The lowest BCUT2D eigenvalue weighted by Crippen LogP contribution is -2.36. The van der Waals surface area contributed by atoms with Crippen molar-refractivity contribution in [3.8, 4) is 5.69 Å². The Morgan fingerprint density at radius 1 is 1.29 bits per heavy atom. The van der Waals surface area contributed by atoms with Crippen LogP contribution in [-0.2, 0) is 16.0 Å². The van der Waals surface area contributed by atoms with Gasteiger partial charge >= 0.3 is 5.97 Å². The smallest absolute Gasteiger partial charge is 0.323 e. The van der Waals surface area contributed by atoms with Gasteiger partial charge in [0.1, 0.15) is 6.54 Å². The Labute approximate surface area is 122 Å². The summed E-state index contributed by atoms with van der Waals surface area (Å²) in [6, 6.07) is 9.58. The van der Waals surface area contributed by atoms with Crippen LogP contribution in [0.2, 0.25) is 0 Å². The zero-order valence-electron chi connectivity index (χ0n) is 11.8. The number of aromatic nitrogens is 2. The highest BCUT2D eigenvalue weighted by molar-refractivity contribution is 5.82. The van der Waals surface area contributed by atoms with Gasteiger partial charge in [-0.25, -0.2) is 4.68 Å². The van der Waals surface area contributed by atoms with E-state index in [1.54, 1.807) is 24.0 Å². The second-order valence-corrected chi connectivity index (χ2v) is 4.61. The molecule has 1 N–H and O–H groups in total. The summed E-state index contributed by atoms with van der Waals surface area (Å²) < 4.78 is 1.69. The van der Waals surface area contributed by atoms with Crippen molar-refractivity contribution in [3.63, 3.8) is 0 Å². The van der Waals surface area contributed by atoms with Crippen LogP contribution in [-0.4, -0.2) is 44.8 Å². The number of hydrogen-bond donors (Lipinski definition) is 1. The fourth-order valence-corrected chi connectivity index (χ4v) is 2.00. The lowest BCUT2D eigenvalue weighted by Gasteiger charge is -2.17. The highest BCUT2D eigenvalue weighted by atomic mass is 16.4. The molecule has 0 atom stereocenters. The fourth-order valence-electron chi connectivity index (χ4n) is 2.00. The molecule has 21 heavy (non-hydrogen) atoms. The predicted molar refractivity (Wildman–Crippen MR) is 77.2 cm³/mol. The van der Waals surface area contributed by atoms with Gasteiger partial charge in [-0.3, -0.25) is 9.59 Å². The molecular formula is C15H17N3O3. The van der Waals surface area contributed by atoms with Crippen molar-refractivity contribution in [1.82, 2.24) is 14.7 Å². The number of hydrogen-bond acceptors (Lipinski definition) is 3. The molecule has 0 aliphatic carbocycles. The summed E-state index contributed by atoms with van der Waals surface area (Å²) in [6.45, 7) is 1.86. The maximum Gasteiger partial charge on any atom is 0.323 e. The molecule has 0 unspecified atom stereocenters. The Balaban J connectivity index is 2.05. The van der Waals surface area contributed by atoms with E-state index in [9.17, 15) is 9.59 Å². The third-order valence-electron chi connectivity index (χ3n) is 3.07. The normalized spacial score (nSPS) is 10.3. The van der Waals surface area contributed by atoms with Crippen LogP contribution in [0.3, 0.4) is 0 Å². The van der Waals surface area contributed by atoms with E-state index in [0.717, 1.165) is 11.3 Å². The number of likely N-dealkylation sites (N-methyl/N-ethyl adjacent to an activating group) is 1. The van der Waals surface area contributed by atoms with Gasteiger partial charge in [-0.1, -0.05) is 18.2 Å². The van der Waals surface area contributed by atoms with Crippen LogP contribution in [0.4, 0.5) is 0 Å². The molecule has 1 aromatic heterocycles. The number of nitrogens with zero attached hydrogens (tertiary/aromatic N) is 3. The van der Waals surface area contributed by atoms with E-state index in [1.807, 2.05) is 30.3 Å². The number of carboxylic acid groups (broad SMARTS) is 1. The zero-order chi connectivity index (χ0) is 15.2. The summed E-state index contributed by atoms with van der Waals surface area (Å²) in [5.74, 6) is -1.22. The first-order valence-corrected chi connectivity index (χ1v) is 6.68. The minimum atomic E-state index is -1.01.